The second-order valence-corrected chi connectivity index (χ2v) is 21.2. The molecule has 2 aromatic rings. The maximum Gasteiger partial charge on any atom is 0.312 e. The highest BCUT2D eigenvalue weighted by molar-refractivity contribution is 5.78. The Morgan fingerprint density at radius 2 is 1.18 bits per heavy atom. The second kappa shape index (κ2) is 24.2. The molecule has 4 fully saturated rings. The SMILES string of the molecule is CCC(C)(C)C(=O)OC(CC)(CC)C1CCCCC1.CCC(C)(C)C(=O)OC1C2CC3C(=O)OC1C3C2.CCC(C)c1ccc(C(C)(C)OC(C)=O)cc1.CCC(C)c1ccc(O)cc1. The van der Waals surface area contributed by atoms with E-state index in [2.05, 4.69) is 60.6 Å². The molecule has 2 bridgehead atoms. The summed E-state index contributed by atoms with van der Waals surface area (Å²) in [5.41, 5.74) is 2.07. The van der Waals surface area contributed by atoms with Crippen molar-refractivity contribution in [2.24, 2.45) is 34.5 Å². The molecule has 4 aliphatic rings. The van der Waals surface area contributed by atoms with E-state index in [-0.39, 0.29) is 53.0 Å². The summed E-state index contributed by atoms with van der Waals surface area (Å²) in [4.78, 5) is 47.2. The van der Waals surface area contributed by atoms with Gasteiger partial charge in [-0.05, 0) is 152 Å². The lowest BCUT2D eigenvalue weighted by atomic mass is 9.73. The minimum Gasteiger partial charge on any atom is -0.508 e. The molecular weight excluding hydrogens is 817 g/mol. The Balaban J connectivity index is 0.000000234. The van der Waals surface area contributed by atoms with E-state index in [1.807, 2.05) is 72.7 Å². The van der Waals surface area contributed by atoms with Crippen LogP contribution >= 0.6 is 0 Å². The first-order chi connectivity index (χ1) is 30.5. The molecule has 0 radical (unpaired) electrons. The van der Waals surface area contributed by atoms with Gasteiger partial charge in [-0.3, -0.25) is 19.2 Å². The van der Waals surface area contributed by atoms with Crippen LogP contribution < -0.4 is 0 Å². The van der Waals surface area contributed by atoms with Crippen LogP contribution in [0.25, 0.3) is 0 Å². The van der Waals surface area contributed by atoms with Crippen molar-refractivity contribution in [1.82, 2.24) is 0 Å². The van der Waals surface area contributed by atoms with Gasteiger partial charge in [-0.1, -0.05) is 111 Å². The highest BCUT2D eigenvalue weighted by Crippen LogP contribution is 2.55. The zero-order valence-corrected chi connectivity index (χ0v) is 43.1. The van der Waals surface area contributed by atoms with Gasteiger partial charge in [0.15, 0.2) is 0 Å². The van der Waals surface area contributed by atoms with E-state index >= 15 is 0 Å². The van der Waals surface area contributed by atoms with E-state index < -0.39 is 11.0 Å². The van der Waals surface area contributed by atoms with Gasteiger partial charge < -0.3 is 24.1 Å². The van der Waals surface area contributed by atoms with Crippen LogP contribution in [-0.4, -0.2) is 46.8 Å². The van der Waals surface area contributed by atoms with Gasteiger partial charge in [0.05, 0.1) is 16.7 Å². The summed E-state index contributed by atoms with van der Waals surface area (Å²) in [7, 11) is 0. The zero-order chi connectivity index (χ0) is 48.9. The molecule has 2 aromatic carbocycles. The highest BCUT2D eigenvalue weighted by atomic mass is 16.6. The van der Waals surface area contributed by atoms with Gasteiger partial charge in [0, 0.05) is 18.8 Å². The number of carbonyl (C=O) groups excluding carboxylic acids is 4. The largest absolute Gasteiger partial charge is 0.508 e. The molecule has 9 heteroatoms. The third-order valence-electron chi connectivity index (χ3n) is 15.6. The minimum absolute atomic E-state index is 0.00993. The Morgan fingerprint density at radius 1 is 0.692 bits per heavy atom. The molecule has 7 atom stereocenters. The van der Waals surface area contributed by atoms with Crippen molar-refractivity contribution in [2.75, 3.05) is 0 Å². The van der Waals surface area contributed by atoms with Crippen molar-refractivity contribution >= 4 is 23.9 Å². The van der Waals surface area contributed by atoms with Gasteiger partial charge in [-0.25, -0.2) is 0 Å². The van der Waals surface area contributed by atoms with E-state index in [9.17, 15) is 19.2 Å². The number of aromatic hydroxyl groups is 1. The quantitative estimate of drug-likeness (QED) is 0.137. The van der Waals surface area contributed by atoms with Crippen LogP contribution in [0.5, 0.6) is 5.75 Å². The van der Waals surface area contributed by atoms with E-state index in [0.29, 0.717) is 35.3 Å². The van der Waals surface area contributed by atoms with Crippen molar-refractivity contribution in [2.45, 2.75) is 223 Å². The average molecular weight is 905 g/mol. The lowest BCUT2D eigenvalue weighted by Gasteiger charge is -2.42. The number of esters is 4. The molecule has 6 rings (SSSR count). The smallest absolute Gasteiger partial charge is 0.312 e. The van der Waals surface area contributed by atoms with Gasteiger partial charge in [0.2, 0.25) is 0 Å². The average Bonchev–Trinajstić information content (AvgIpc) is 3.94. The summed E-state index contributed by atoms with van der Waals surface area (Å²) in [6, 6.07) is 15.8. The van der Waals surface area contributed by atoms with Gasteiger partial charge in [0.1, 0.15) is 29.2 Å². The molecule has 0 aromatic heterocycles. The number of carbonyl (C=O) groups is 4. The zero-order valence-electron chi connectivity index (χ0n) is 43.1. The van der Waals surface area contributed by atoms with Crippen LogP contribution in [0.1, 0.15) is 216 Å². The van der Waals surface area contributed by atoms with Gasteiger partial charge in [0.25, 0.3) is 0 Å². The lowest BCUT2D eigenvalue weighted by molar-refractivity contribution is -0.180. The summed E-state index contributed by atoms with van der Waals surface area (Å²) >= 11 is 0. The first-order valence-electron chi connectivity index (χ1n) is 25.2. The molecular formula is C56H88O9. The Bertz CT molecular complexity index is 1800. The van der Waals surface area contributed by atoms with Crippen LogP contribution in [0.2, 0.25) is 0 Å². The van der Waals surface area contributed by atoms with E-state index in [1.165, 1.54) is 50.2 Å². The topological polar surface area (TPSA) is 125 Å². The maximum atomic E-state index is 12.4. The molecule has 3 aliphatic carbocycles. The van der Waals surface area contributed by atoms with Crippen LogP contribution in [0.3, 0.4) is 0 Å². The summed E-state index contributed by atoms with van der Waals surface area (Å²) in [5.74, 6) is 2.27. The Labute approximate surface area is 393 Å². The van der Waals surface area contributed by atoms with Gasteiger partial charge in [-0.15, -0.1) is 0 Å². The van der Waals surface area contributed by atoms with E-state index in [1.54, 1.807) is 12.1 Å². The molecule has 1 heterocycles. The maximum absolute atomic E-state index is 12.4. The number of phenolic OH excluding ortho intramolecular Hbond substituents is 1. The molecule has 65 heavy (non-hydrogen) atoms. The van der Waals surface area contributed by atoms with Crippen molar-refractivity contribution in [3.05, 3.63) is 65.2 Å². The Morgan fingerprint density at radius 3 is 1.65 bits per heavy atom. The van der Waals surface area contributed by atoms with Crippen LogP contribution in [0.4, 0.5) is 0 Å². The summed E-state index contributed by atoms with van der Waals surface area (Å²) < 4.78 is 22.5. The molecule has 0 amide bonds. The monoisotopic (exact) mass is 905 g/mol. The molecule has 1 N–H and O–H groups in total. The van der Waals surface area contributed by atoms with E-state index in [4.69, 9.17) is 24.1 Å². The fourth-order valence-electron chi connectivity index (χ4n) is 9.55. The number of ether oxygens (including phenoxy) is 4. The van der Waals surface area contributed by atoms with Gasteiger partial charge in [-0.2, -0.15) is 0 Å². The number of hydrogen-bond donors (Lipinski definition) is 1. The molecule has 1 saturated heterocycles. The highest BCUT2D eigenvalue weighted by Gasteiger charge is 2.63. The predicted molar refractivity (Wildman–Crippen MR) is 260 cm³/mol. The second-order valence-electron chi connectivity index (χ2n) is 21.2. The summed E-state index contributed by atoms with van der Waals surface area (Å²) in [6.07, 6.45) is 13.6. The number of phenols is 1. The first-order valence-corrected chi connectivity index (χ1v) is 25.2. The Kier molecular flexibility index (Phi) is 20.7. The lowest BCUT2D eigenvalue weighted by Crippen LogP contribution is -2.45. The normalized spacial score (nSPS) is 22.4. The fourth-order valence-corrected chi connectivity index (χ4v) is 9.55. The molecule has 1 aliphatic heterocycles. The standard InChI is InChI=1S/C17H32O2.C15H22O2.C14H20O4.C10H14O/c1-6-16(4,5)15(18)19-17(7-2,8-3)14-12-10-9-11-13-14;1-6-11(2)13-7-9-14(10-8-13)15(4,5)17-12(3)16;1-4-14(2,3)13(16)18-10-7-5-8-9(6-7)12(15)17-11(8)10;1-3-8(2)9-4-6-10(11)7-5-9/h14H,6-13H2,1-5H3;7-11H,6H2,1-5H3;7-11H,4-6H2,1-3H3;4-8,11H,3H2,1-2H3. The Hall–Kier alpha value is -3.88. The number of hydrogen-bond acceptors (Lipinski definition) is 9. The first kappa shape index (κ1) is 55.4. The van der Waals surface area contributed by atoms with Crippen molar-refractivity contribution < 1.29 is 43.2 Å². The number of benzene rings is 2. The number of fused-ring (bicyclic) bond motifs is 1. The summed E-state index contributed by atoms with van der Waals surface area (Å²) in [6.45, 7) is 30.2. The van der Waals surface area contributed by atoms with Crippen molar-refractivity contribution in [3.8, 4) is 5.75 Å². The fraction of sp³-hybridized carbons (Fsp3) is 0.714. The summed E-state index contributed by atoms with van der Waals surface area (Å²) in [5, 5.41) is 9.01. The van der Waals surface area contributed by atoms with Crippen LogP contribution in [0.15, 0.2) is 48.5 Å². The molecule has 7 unspecified atom stereocenters. The van der Waals surface area contributed by atoms with Crippen LogP contribution in [-0.2, 0) is 43.7 Å². The molecule has 9 nitrogen and oxygen atoms in total. The number of rotatable bonds is 15. The molecule has 366 valence electrons. The van der Waals surface area contributed by atoms with Crippen LogP contribution in [0, 0.1) is 34.5 Å². The third kappa shape index (κ3) is 14.6. The predicted octanol–water partition coefficient (Wildman–Crippen LogP) is 13.9. The van der Waals surface area contributed by atoms with Gasteiger partial charge >= 0.3 is 23.9 Å². The third-order valence-corrected chi connectivity index (χ3v) is 15.6. The van der Waals surface area contributed by atoms with E-state index in [0.717, 1.165) is 56.9 Å². The van der Waals surface area contributed by atoms with Crippen molar-refractivity contribution in [1.29, 1.82) is 0 Å². The van der Waals surface area contributed by atoms with Crippen molar-refractivity contribution in [3.63, 3.8) is 0 Å². The molecule has 3 saturated carbocycles. The molecule has 0 spiro atoms. The minimum atomic E-state index is -0.556.